The molecule has 0 radical (unpaired) electrons. The molecule has 1 saturated heterocycles. The van der Waals surface area contributed by atoms with E-state index in [9.17, 15) is 13.2 Å². The number of hydrogen-bond donors (Lipinski definition) is 0. The van der Waals surface area contributed by atoms with Gasteiger partial charge in [-0.2, -0.15) is 13.2 Å². The molecule has 0 saturated carbocycles. The highest BCUT2D eigenvalue weighted by atomic mass is 19.4. The van der Waals surface area contributed by atoms with Gasteiger partial charge in [0, 0.05) is 12.4 Å². The summed E-state index contributed by atoms with van der Waals surface area (Å²) in [6.07, 6.45) is -0.264. The summed E-state index contributed by atoms with van der Waals surface area (Å²) in [5, 5.41) is 0. The average Bonchev–Trinajstić information content (AvgIpc) is 3.04. The largest absolute Gasteiger partial charge is 0.494 e. The Kier molecular flexibility index (Phi) is 3.80. The Morgan fingerprint density at radius 3 is 2.21 bits per heavy atom. The predicted octanol–water partition coefficient (Wildman–Crippen LogP) is 3.19. The molecule has 3 rings (SSSR count). The highest BCUT2D eigenvalue weighted by molar-refractivity contribution is 6.62. The molecule has 0 aliphatic carbocycles. The van der Waals surface area contributed by atoms with Gasteiger partial charge in [0.15, 0.2) is 0 Å². The lowest BCUT2D eigenvalue weighted by Crippen LogP contribution is -2.41. The zero-order valence-corrected chi connectivity index (χ0v) is 13.9. The normalized spacial score (nSPS) is 19.7. The monoisotopic (exact) mass is 338 g/mol. The van der Waals surface area contributed by atoms with Crippen LogP contribution in [0, 0.1) is 0 Å². The van der Waals surface area contributed by atoms with Crippen LogP contribution in [-0.4, -0.2) is 27.9 Å². The number of benzene rings is 1. The quantitative estimate of drug-likeness (QED) is 0.789. The Morgan fingerprint density at radius 2 is 1.71 bits per heavy atom. The van der Waals surface area contributed by atoms with Crippen LogP contribution in [0.15, 0.2) is 36.9 Å². The first-order chi connectivity index (χ1) is 11.0. The van der Waals surface area contributed by atoms with E-state index in [-0.39, 0.29) is 5.69 Å². The SMILES string of the molecule is CC1(C)OB(c2ccc(-n3ccnc3)c(C(F)(F)F)c2)OC1(C)C. The molecule has 1 aromatic heterocycles. The van der Waals surface area contributed by atoms with Crippen LogP contribution in [0.1, 0.15) is 33.3 Å². The number of alkyl halides is 3. The number of aromatic nitrogens is 2. The van der Waals surface area contributed by atoms with Gasteiger partial charge < -0.3 is 13.9 Å². The van der Waals surface area contributed by atoms with Gasteiger partial charge in [-0.1, -0.05) is 6.07 Å². The Morgan fingerprint density at radius 1 is 1.08 bits per heavy atom. The van der Waals surface area contributed by atoms with Gasteiger partial charge in [0.2, 0.25) is 0 Å². The van der Waals surface area contributed by atoms with Gasteiger partial charge in [0.1, 0.15) is 0 Å². The Balaban J connectivity index is 2.03. The van der Waals surface area contributed by atoms with Crippen molar-refractivity contribution in [2.75, 3.05) is 0 Å². The predicted molar refractivity (Wildman–Crippen MR) is 84.3 cm³/mol. The summed E-state index contributed by atoms with van der Waals surface area (Å²) < 4.78 is 53.5. The van der Waals surface area contributed by atoms with Crippen LogP contribution in [0.25, 0.3) is 5.69 Å². The molecule has 8 heteroatoms. The maximum atomic E-state index is 13.5. The second-order valence-corrected chi connectivity index (χ2v) is 6.83. The lowest BCUT2D eigenvalue weighted by molar-refractivity contribution is -0.137. The number of nitrogens with zero attached hydrogens (tertiary/aromatic N) is 2. The summed E-state index contributed by atoms with van der Waals surface area (Å²) in [6.45, 7) is 7.43. The van der Waals surface area contributed by atoms with E-state index in [0.717, 1.165) is 6.07 Å². The summed E-state index contributed by atoms with van der Waals surface area (Å²) in [6, 6.07) is 4.08. The van der Waals surface area contributed by atoms with Crippen LogP contribution in [0.4, 0.5) is 13.2 Å². The van der Waals surface area contributed by atoms with Gasteiger partial charge >= 0.3 is 13.3 Å². The molecule has 0 N–H and O–H groups in total. The fraction of sp³-hybridized carbons (Fsp3) is 0.438. The number of halogens is 3. The van der Waals surface area contributed by atoms with Crippen molar-refractivity contribution < 1.29 is 22.5 Å². The van der Waals surface area contributed by atoms with Crippen LogP contribution in [-0.2, 0) is 15.5 Å². The molecule has 0 bridgehead atoms. The molecule has 0 spiro atoms. The molecule has 1 aliphatic heterocycles. The topological polar surface area (TPSA) is 36.3 Å². The number of hydrogen-bond acceptors (Lipinski definition) is 3. The zero-order valence-electron chi connectivity index (χ0n) is 13.9. The minimum absolute atomic E-state index is 0.0141. The fourth-order valence-corrected chi connectivity index (χ4v) is 2.53. The van der Waals surface area contributed by atoms with Gasteiger partial charge in [-0.05, 0) is 45.3 Å². The Bertz CT molecular complexity index is 726. The molecule has 128 valence electrons. The fourth-order valence-electron chi connectivity index (χ4n) is 2.53. The van der Waals surface area contributed by atoms with Crippen molar-refractivity contribution in [3.63, 3.8) is 0 Å². The van der Waals surface area contributed by atoms with E-state index >= 15 is 0 Å². The van der Waals surface area contributed by atoms with Crippen LogP contribution >= 0.6 is 0 Å². The summed E-state index contributed by atoms with van der Waals surface area (Å²) in [5.74, 6) is 0. The van der Waals surface area contributed by atoms with Crippen LogP contribution in [0.3, 0.4) is 0 Å². The standard InChI is InChI=1S/C16H18BF3N2O2/c1-14(2)15(3,4)24-17(23-14)11-5-6-13(22-8-7-21-10-22)12(9-11)16(18,19)20/h5-10H,1-4H3. The highest BCUT2D eigenvalue weighted by Crippen LogP contribution is 2.38. The molecule has 1 aromatic carbocycles. The second kappa shape index (κ2) is 5.36. The molecule has 0 atom stereocenters. The highest BCUT2D eigenvalue weighted by Gasteiger charge is 2.52. The molecule has 2 aromatic rings. The van der Waals surface area contributed by atoms with E-state index in [2.05, 4.69) is 4.98 Å². The van der Waals surface area contributed by atoms with Crippen molar-refractivity contribution in [3.8, 4) is 5.69 Å². The second-order valence-electron chi connectivity index (χ2n) is 6.83. The van der Waals surface area contributed by atoms with E-state index in [1.165, 1.54) is 29.4 Å². The molecule has 0 amide bonds. The molecule has 0 unspecified atom stereocenters. The van der Waals surface area contributed by atoms with E-state index in [0.29, 0.717) is 5.46 Å². The minimum Gasteiger partial charge on any atom is -0.399 e. The van der Waals surface area contributed by atoms with Gasteiger partial charge in [-0.25, -0.2) is 4.98 Å². The zero-order chi connectivity index (χ0) is 17.8. The summed E-state index contributed by atoms with van der Waals surface area (Å²) in [4.78, 5) is 3.81. The summed E-state index contributed by atoms with van der Waals surface area (Å²) in [5.41, 5.74) is -1.63. The van der Waals surface area contributed by atoms with Crippen molar-refractivity contribution in [2.45, 2.75) is 45.1 Å². The first-order valence-electron chi connectivity index (χ1n) is 7.56. The average molecular weight is 338 g/mol. The lowest BCUT2D eigenvalue weighted by atomic mass is 9.78. The maximum Gasteiger partial charge on any atom is 0.494 e. The van der Waals surface area contributed by atoms with Gasteiger partial charge in [-0.15, -0.1) is 0 Å². The van der Waals surface area contributed by atoms with E-state index in [4.69, 9.17) is 9.31 Å². The number of rotatable bonds is 2. The molecule has 24 heavy (non-hydrogen) atoms. The van der Waals surface area contributed by atoms with Crippen molar-refractivity contribution in [2.24, 2.45) is 0 Å². The summed E-state index contributed by atoms with van der Waals surface area (Å²) >= 11 is 0. The first kappa shape index (κ1) is 17.0. The van der Waals surface area contributed by atoms with Gasteiger partial charge in [0.05, 0.1) is 28.8 Å². The third kappa shape index (κ3) is 2.84. The molecule has 1 aliphatic rings. The van der Waals surface area contributed by atoms with Crippen molar-refractivity contribution in [1.29, 1.82) is 0 Å². The third-order valence-corrected chi connectivity index (χ3v) is 4.63. The lowest BCUT2D eigenvalue weighted by Gasteiger charge is -2.32. The van der Waals surface area contributed by atoms with Crippen molar-refractivity contribution in [3.05, 3.63) is 42.5 Å². The van der Waals surface area contributed by atoms with Gasteiger partial charge in [-0.3, -0.25) is 0 Å². The van der Waals surface area contributed by atoms with E-state index in [1.807, 2.05) is 27.7 Å². The molecule has 1 fully saturated rings. The summed E-state index contributed by atoms with van der Waals surface area (Å²) in [7, 11) is -0.840. The maximum absolute atomic E-state index is 13.5. The number of imidazole rings is 1. The smallest absolute Gasteiger partial charge is 0.399 e. The van der Waals surface area contributed by atoms with E-state index < -0.39 is 30.1 Å². The Hall–Kier alpha value is -1.80. The van der Waals surface area contributed by atoms with Crippen LogP contribution in [0.2, 0.25) is 0 Å². The molecule has 4 nitrogen and oxygen atoms in total. The van der Waals surface area contributed by atoms with Crippen LogP contribution < -0.4 is 5.46 Å². The van der Waals surface area contributed by atoms with Crippen molar-refractivity contribution in [1.82, 2.24) is 9.55 Å². The minimum atomic E-state index is -4.50. The van der Waals surface area contributed by atoms with Crippen LogP contribution in [0.5, 0.6) is 0 Å². The first-order valence-corrected chi connectivity index (χ1v) is 7.56. The van der Waals surface area contributed by atoms with E-state index in [1.54, 1.807) is 6.07 Å². The molecular formula is C16H18BF3N2O2. The van der Waals surface area contributed by atoms with Gasteiger partial charge in [0.25, 0.3) is 0 Å². The molecular weight excluding hydrogens is 320 g/mol. The Labute approximate surface area is 138 Å². The third-order valence-electron chi connectivity index (χ3n) is 4.63. The molecule has 2 heterocycles. The van der Waals surface area contributed by atoms with Crippen molar-refractivity contribution >= 4 is 12.6 Å².